The second-order valence-corrected chi connectivity index (χ2v) is 5.66. The lowest BCUT2D eigenvalue weighted by Crippen LogP contribution is -2.35. The van der Waals surface area contributed by atoms with Crippen LogP contribution in [-0.4, -0.2) is 32.7 Å². The Labute approximate surface area is 140 Å². The van der Waals surface area contributed by atoms with Crippen molar-refractivity contribution in [2.45, 2.75) is 12.6 Å². The summed E-state index contributed by atoms with van der Waals surface area (Å²) in [7, 11) is 1.76. The number of phenolic OH excluding ortho intramolecular Hbond substituents is 1. The van der Waals surface area contributed by atoms with E-state index in [-0.39, 0.29) is 11.7 Å². The molecule has 5 heteroatoms. The summed E-state index contributed by atoms with van der Waals surface area (Å²) in [6.45, 7) is 0.415. The number of benzene rings is 2. The van der Waals surface area contributed by atoms with Gasteiger partial charge in [0.2, 0.25) is 0 Å². The van der Waals surface area contributed by atoms with Gasteiger partial charge in [0, 0.05) is 26.0 Å². The van der Waals surface area contributed by atoms with Crippen molar-refractivity contribution < 1.29 is 9.90 Å². The first kappa shape index (κ1) is 15.8. The van der Waals surface area contributed by atoms with Gasteiger partial charge in [0.05, 0.1) is 0 Å². The van der Waals surface area contributed by atoms with Crippen molar-refractivity contribution in [3.8, 4) is 5.75 Å². The Morgan fingerprint density at radius 3 is 2.62 bits per heavy atom. The highest BCUT2D eigenvalue weighted by Crippen LogP contribution is 2.21. The minimum Gasteiger partial charge on any atom is -0.508 e. The highest BCUT2D eigenvalue weighted by molar-refractivity contribution is 5.83. The van der Waals surface area contributed by atoms with E-state index in [1.165, 1.54) is 0 Å². The molecule has 1 atom stereocenters. The molecule has 24 heavy (non-hydrogen) atoms. The molecule has 3 aromatic rings. The zero-order valence-corrected chi connectivity index (χ0v) is 13.4. The monoisotopic (exact) mass is 321 g/mol. The molecular formula is C19H19N3O2. The number of nitrogens with zero attached hydrogens (tertiary/aromatic N) is 3. The molecule has 1 amide bonds. The number of phenols is 1. The molecule has 0 fully saturated rings. The fraction of sp³-hybridized carbons (Fsp3) is 0.158. The summed E-state index contributed by atoms with van der Waals surface area (Å²) in [5.41, 5.74) is 1.76. The summed E-state index contributed by atoms with van der Waals surface area (Å²) in [5, 5.41) is 13.8. The lowest BCUT2D eigenvalue weighted by Gasteiger charge is -2.24. The predicted molar refractivity (Wildman–Crippen MR) is 91.4 cm³/mol. The van der Waals surface area contributed by atoms with E-state index in [0.717, 1.165) is 11.1 Å². The van der Waals surface area contributed by atoms with Gasteiger partial charge < -0.3 is 10.0 Å². The standard InChI is InChI=1S/C19H19N3O2/c1-21(14-15-7-5-10-17(23)13-15)19(24)18(22-12-6-11-20-22)16-8-3-2-4-9-16/h2-13,18,23H,14H2,1H3/t18-/m1/s1. The van der Waals surface area contributed by atoms with Gasteiger partial charge in [0.15, 0.2) is 6.04 Å². The third-order valence-electron chi connectivity index (χ3n) is 3.85. The number of carbonyl (C=O) groups is 1. The minimum atomic E-state index is -0.511. The largest absolute Gasteiger partial charge is 0.508 e. The normalized spacial score (nSPS) is 11.9. The fourth-order valence-electron chi connectivity index (χ4n) is 2.69. The van der Waals surface area contributed by atoms with E-state index in [2.05, 4.69) is 5.10 Å². The van der Waals surface area contributed by atoms with Crippen LogP contribution < -0.4 is 0 Å². The molecule has 0 spiro atoms. The van der Waals surface area contributed by atoms with E-state index >= 15 is 0 Å². The number of aromatic nitrogens is 2. The summed E-state index contributed by atoms with van der Waals surface area (Å²) in [4.78, 5) is 14.7. The molecule has 0 saturated heterocycles. The first-order valence-corrected chi connectivity index (χ1v) is 7.72. The Hall–Kier alpha value is -3.08. The molecule has 0 unspecified atom stereocenters. The van der Waals surface area contributed by atoms with Crippen LogP contribution in [0.25, 0.3) is 0 Å². The molecule has 0 saturated carbocycles. The van der Waals surface area contributed by atoms with Crippen molar-refractivity contribution in [3.63, 3.8) is 0 Å². The lowest BCUT2D eigenvalue weighted by molar-refractivity contribution is -0.133. The van der Waals surface area contributed by atoms with E-state index in [1.807, 2.05) is 36.4 Å². The van der Waals surface area contributed by atoms with Gasteiger partial charge >= 0.3 is 0 Å². The van der Waals surface area contributed by atoms with Crippen LogP contribution in [0.5, 0.6) is 5.75 Å². The molecule has 0 aliphatic heterocycles. The van der Waals surface area contributed by atoms with Gasteiger partial charge in [-0.25, -0.2) is 0 Å². The summed E-state index contributed by atoms with van der Waals surface area (Å²) in [6.07, 6.45) is 3.45. The van der Waals surface area contributed by atoms with Crippen molar-refractivity contribution in [1.29, 1.82) is 0 Å². The lowest BCUT2D eigenvalue weighted by atomic mass is 10.1. The first-order chi connectivity index (χ1) is 11.6. The Morgan fingerprint density at radius 2 is 1.96 bits per heavy atom. The van der Waals surface area contributed by atoms with Crippen LogP contribution in [0.2, 0.25) is 0 Å². The van der Waals surface area contributed by atoms with Gasteiger partial charge in [-0.15, -0.1) is 0 Å². The summed E-state index contributed by atoms with van der Waals surface area (Å²) in [6, 6.07) is 17.8. The third-order valence-corrected chi connectivity index (χ3v) is 3.85. The number of hydrogen-bond donors (Lipinski definition) is 1. The van der Waals surface area contributed by atoms with Gasteiger partial charge in [-0.1, -0.05) is 42.5 Å². The molecule has 122 valence electrons. The highest BCUT2D eigenvalue weighted by Gasteiger charge is 2.26. The van der Waals surface area contributed by atoms with E-state index in [0.29, 0.717) is 6.54 Å². The maximum atomic E-state index is 13.0. The third kappa shape index (κ3) is 3.46. The Kier molecular flexibility index (Phi) is 4.61. The Bertz CT molecular complexity index is 800. The number of rotatable bonds is 5. The van der Waals surface area contributed by atoms with Crippen molar-refractivity contribution >= 4 is 5.91 Å². The highest BCUT2D eigenvalue weighted by atomic mass is 16.3. The van der Waals surface area contributed by atoms with Gasteiger partial charge in [-0.3, -0.25) is 9.48 Å². The molecule has 0 bridgehead atoms. The smallest absolute Gasteiger partial charge is 0.252 e. The molecule has 2 aromatic carbocycles. The van der Waals surface area contributed by atoms with Gasteiger partial charge in [-0.05, 0) is 29.3 Å². The molecule has 5 nitrogen and oxygen atoms in total. The SMILES string of the molecule is CN(Cc1cccc(O)c1)C(=O)[C@@H](c1ccccc1)n1cccn1. The van der Waals surface area contributed by atoms with Gasteiger partial charge in [0.1, 0.15) is 5.75 Å². The van der Waals surface area contributed by atoms with Crippen LogP contribution in [0.4, 0.5) is 0 Å². The average Bonchev–Trinajstić information content (AvgIpc) is 3.10. The molecule has 3 rings (SSSR count). The van der Waals surface area contributed by atoms with Gasteiger partial charge in [-0.2, -0.15) is 5.10 Å². The molecule has 0 aliphatic rings. The van der Waals surface area contributed by atoms with Crippen molar-refractivity contribution in [2.75, 3.05) is 7.05 Å². The number of aromatic hydroxyl groups is 1. The zero-order valence-electron chi connectivity index (χ0n) is 13.4. The van der Waals surface area contributed by atoms with E-state index < -0.39 is 6.04 Å². The topological polar surface area (TPSA) is 58.4 Å². The Balaban J connectivity index is 1.86. The van der Waals surface area contributed by atoms with E-state index in [9.17, 15) is 9.90 Å². The predicted octanol–water partition coefficient (Wildman–Crippen LogP) is 2.84. The number of likely N-dealkylation sites (N-methyl/N-ethyl adjacent to an activating group) is 1. The molecule has 1 aromatic heterocycles. The second-order valence-electron chi connectivity index (χ2n) is 5.66. The van der Waals surface area contributed by atoms with Crippen LogP contribution in [0.1, 0.15) is 17.2 Å². The molecule has 1 N–H and O–H groups in total. The maximum Gasteiger partial charge on any atom is 0.252 e. The van der Waals surface area contributed by atoms with Crippen LogP contribution in [0, 0.1) is 0 Å². The second kappa shape index (κ2) is 7.00. The van der Waals surface area contributed by atoms with Crippen LogP contribution >= 0.6 is 0 Å². The van der Waals surface area contributed by atoms with Gasteiger partial charge in [0.25, 0.3) is 5.91 Å². The van der Waals surface area contributed by atoms with Crippen LogP contribution in [-0.2, 0) is 11.3 Å². The maximum absolute atomic E-state index is 13.0. The molecule has 1 heterocycles. The number of hydrogen-bond acceptors (Lipinski definition) is 3. The summed E-state index contributed by atoms with van der Waals surface area (Å²) < 4.78 is 1.66. The molecule has 0 radical (unpaired) electrons. The van der Waals surface area contributed by atoms with E-state index in [1.54, 1.807) is 53.3 Å². The quantitative estimate of drug-likeness (QED) is 0.786. The molecule has 0 aliphatic carbocycles. The number of amides is 1. The van der Waals surface area contributed by atoms with Crippen LogP contribution in [0.3, 0.4) is 0 Å². The summed E-state index contributed by atoms with van der Waals surface area (Å²) >= 11 is 0. The zero-order chi connectivity index (χ0) is 16.9. The fourth-order valence-corrected chi connectivity index (χ4v) is 2.69. The Morgan fingerprint density at radius 1 is 1.17 bits per heavy atom. The first-order valence-electron chi connectivity index (χ1n) is 7.72. The van der Waals surface area contributed by atoms with Crippen molar-refractivity contribution in [1.82, 2.24) is 14.7 Å². The minimum absolute atomic E-state index is 0.0618. The van der Waals surface area contributed by atoms with E-state index in [4.69, 9.17) is 0 Å². The van der Waals surface area contributed by atoms with Crippen LogP contribution in [0.15, 0.2) is 73.1 Å². The summed E-state index contributed by atoms with van der Waals surface area (Å²) in [5.74, 6) is 0.133. The van der Waals surface area contributed by atoms with Crippen molar-refractivity contribution in [2.24, 2.45) is 0 Å². The molecular weight excluding hydrogens is 302 g/mol. The average molecular weight is 321 g/mol. The number of carbonyl (C=O) groups excluding carboxylic acids is 1. The van der Waals surface area contributed by atoms with Crippen molar-refractivity contribution in [3.05, 3.63) is 84.2 Å².